The van der Waals surface area contributed by atoms with Crippen LogP contribution in [0.3, 0.4) is 0 Å². The van der Waals surface area contributed by atoms with E-state index >= 15 is 0 Å². The number of nitriles is 1. The second-order valence-electron chi connectivity index (χ2n) is 3.37. The Morgan fingerprint density at radius 1 is 1.33 bits per heavy atom. The molecule has 5 nitrogen and oxygen atoms in total. The molecule has 1 aromatic heterocycles. The van der Waals surface area contributed by atoms with Crippen LogP contribution in [0.4, 0.5) is 15.9 Å². The number of benzene rings is 1. The van der Waals surface area contributed by atoms with E-state index in [0.717, 1.165) is 0 Å². The van der Waals surface area contributed by atoms with Crippen molar-refractivity contribution in [3.8, 4) is 11.8 Å². The average Bonchev–Trinajstić information content (AvgIpc) is 2.42. The molecule has 1 N–H and O–H groups in total. The molecule has 0 saturated heterocycles. The summed E-state index contributed by atoms with van der Waals surface area (Å²) in [6.45, 7) is 0. The molecule has 0 unspecified atom stereocenters. The van der Waals surface area contributed by atoms with E-state index in [4.69, 9.17) is 10.00 Å². The van der Waals surface area contributed by atoms with Crippen LogP contribution in [-0.2, 0) is 0 Å². The molecule has 2 aromatic rings. The quantitative estimate of drug-likeness (QED) is 0.896. The lowest BCUT2D eigenvalue weighted by molar-refractivity contribution is 0.387. The predicted octanol–water partition coefficient (Wildman–Crippen LogP) is 2.24. The van der Waals surface area contributed by atoms with Crippen LogP contribution in [0.5, 0.6) is 5.75 Å². The van der Waals surface area contributed by atoms with Crippen molar-refractivity contribution in [1.29, 1.82) is 5.26 Å². The minimum atomic E-state index is -0.436. The van der Waals surface area contributed by atoms with Gasteiger partial charge in [-0.15, -0.1) is 0 Å². The Balaban J connectivity index is 2.20. The number of halogens is 1. The van der Waals surface area contributed by atoms with Crippen molar-refractivity contribution >= 4 is 11.5 Å². The number of aromatic nitrogens is 2. The number of methoxy groups -OCH3 is 1. The zero-order valence-electron chi connectivity index (χ0n) is 9.51. The smallest absolute Gasteiger partial charge is 0.165 e. The zero-order chi connectivity index (χ0) is 13.0. The van der Waals surface area contributed by atoms with Crippen molar-refractivity contribution < 1.29 is 9.13 Å². The normalized spacial score (nSPS) is 9.61. The van der Waals surface area contributed by atoms with Gasteiger partial charge in [-0.2, -0.15) is 5.26 Å². The number of hydrogen-bond donors (Lipinski definition) is 1. The number of hydrogen-bond acceptors (Lipinski definition) is 5. The van der Waals surface area contributed by atoms with E-state index in [2.05, 4.69) is 15.3 Å². The molecule has 0 amide bonds. The van der Waals surface area contributed by atoms with E-state index in [0.29, 0.717) is 11.5 Å². The minimum Gasteiger partial charge on any atom is -0.494 e. The van der Waals surface area contributed by atoms with Gasteiger partial charge in [-0.25, -0.2) is 14.4 Å². The summed E-state index contributed by atoms with van der Waals surface area (Å²) < 4.78 is 18.1. The van der Waals surface area contributed by atoms with Gasteiger partial charge >= 0.3 is 0 Å². The van der Waals surface area contributed by atoms with Gasteiger partial charge in [-0.1, -0.05) is 0 Å². The SMILES string of the molecule is COc1cc(Nc2cnc(C#N)cn2)ccc1F. The van der Waals surface area contributed by atoms with Crippen LogP contribution < -0.4 is 10.1 Å². The molecule has 0 aliphatic heterocycles. The van der Waals surface area contributed by atoms with Gasteiger partial charge in [0.2, 0.25) is 0 Å². The van der Waals surface area contributed by atoms with Gasteiger partial charge in [0.1, 0.15) is 11.9 Å². The predicted molar refractivity (Wildman–Crippen MR) is 63.0 cm³/mol. The van der Waals surface area contributed by atoms with Crippen LogP contribution >= 0.6 is 0 Å². The van der Waals surface area contributed by atoms with Gasteiger partial charge in [0, 0.05) is 11.8 Å². The standard InChI is InChI=1S/C12H9FN4O/c1-18-11-4-8(2-3-10(11)13)17-12-7-15-9(5-14)6-16-12/h2-4,6-7H,1H3,(H,16,17). The molecule has 2 rings (SSSR count). The van der Waals surface area contributed by atoms with E-state index in [9.17, 15) is 4.39 Å². The fraction of sp³-hybridized carbons (Fsp3) is 0.0833. The van der Waals surface area contributed by atoms with Crippen LogP contribution in [-0.4, -0.2) is 17.1 Å². The Morgan fingerprint density at radius 3 is 2.78 bits per heavy atom. The highest BCUT2D eigenvalue weighted by molar-refractivity contribution is 5.57. The Labute approximate surface area is 103 Å². The Morgan fingerprint density at radius 2 is 2.17 bits per heavy atom. The van der Waals surface area contributed by atoms with E-state index in [1.54, 1.807) is 6.07 Å². The van der Waals surface area contributed by atoms with Crippen molar-refractivity contribution in [3.05, 3.63) is 42.1 Å². The maximum absolute atomic E-state index is 13.2. The van der Waals surface area contributed by atoms with Gasteiger partial charge in [-0.05, 0) is 12.1 Å². The molecular formula is C12H9FN4O. The molecule has 18 heavy (non-hydrogen) atoms. The van der Waals surface area contributed by atoms with E-state index in [1.807, 2.05) is 6.07 Å². The highest BCUT2D eigenvalue weighted by atomic mass is 19.1. The first-order valence-corrected chi connectivity index (χ1v) is 5.05. The number of nitrogens with one attached hydrogen (secondary N) is 1. The van der Waals surface area contributed by atoms with Gasteiger partial charge in [0.05, 0.1) is 19.5 Å². The Bertz CT molecular complexity index is 592. The lowest BCUT2D eigenvalue weighted by Crippen LogP contribution is -1.97. The third-order valence-electron chi connectivity index (χ3n) is 2.19. The molecule has 6 heteroatoms. The van der Waals surface area contributed by atoms with E-state index in [-0.39, 0.29) is 11.4 Å². The summed E-state index contributed by atoms with van der Waals surface area (Å²) in [6.07, 6.45) is 2.78. The third kappa shape index (κ3) is 2.52. The minimum absolute atomic E-state index is 0.140. The Kier molecular flexibility index (Phi) is 3.34. The number of rotatable bonds is 3. The molecule has 90 valence electrons. The summed E-state index contributed by atoms with van der Waals surface area (Å²) in [5, 5.41) is 11.5. The van der Waals surface area contributed by atoms with Crippen molar-refractivity contribution in [2.45, 2.75) is 0 Å². The van der Waals surface area contributed by atoms with Crippen LogP contribution in [0.2, 0.25) is 0 Å². The van der Waals surface area contributed by atoms with E-state index < -0.39 is 5.82 Å². The first kappa shape index (κ1) is 11.8. The summed E-state index contributed by atoms with van der Waals surface area (Å²) >= 11 is 0. The molecule has 0 saturated carbocycles. The summed E-state index contributed by atoms with van der Waals surface area (Å²) in [6, 6.07) is 6.23. The van der Waals surface area contributed by atoms with Crippen LogP contribution in [0, 0.1) is 17.1 Å². The molecule has 0 aliphatic carbocycles. The first-order chi connectivity index (χ1) is 8.72. The maximum atomic E-state index is 13.2. The summed E-state index contributed by atoms with van der Waals surface area (Å²) in [7, 11) is 1.39. The van der Waals surface area contributed by atoms with Gasteiger partial charge in [-0.3, -0.25) is 0 Å². The monoisotopic (exact) mass is 244 g/mol. The zero-order valence-corrected chi connectivity index (χ0v) is 9.51. The Hall–Kier alpha value is -2.68. The molecule has 0 spiro atoms. The number of anilines is 2. The van der Waals surface area contributed by atoms with E-state index in [1.165, 1.54) is 31.6 Å². The van der Waals surface area contributed by atoms with Crippen molar-refractivity contribution in [2.24, 2.45) is 0 Å². The summed E-state index contributed by atoms with van der Waals surface area (Å²) in [4.78, 5) is 7.85. The molecular weight excluding hydrogens is 235 g/mol. The van der Waals surface area contributed by atoms with Crippen LogP contribution in [0.15, 0.2) is 30.6 Å². The van der Waals surface area contributed by atoms with Crippen LogP contribution in [0.25, 0.3) is 0 Å². The van der Waals surface area contributed by atoms with Crippen molar-refractivity contribution in [2.75, 3.05) is 12.4 Å². The highest BCUT2D eigenvalue weighted by Crippen LogP contribution is 2.23. The van der Waals surface area contributed by atoms with Gasteiger partial charge < -0.3 is 10.1 Å². The third-order valence-corrected chi connectivity index (χ3v) is 2.19. The summed E-state index contributed by atoms with van der Waals surface area (Å²) in [5.41, 5.74) is 0.851. The second kappa shape index (κ2) is 5.10. The molecule has 0 fully saturated rings. The molecule has 0 aliphatic rings. The van der Waals surface area contributed by atoms with Crippen LogP contribution in [0.1, 0.15) is 5.69 Å². The average molecular weight is 244 g/mol. The van der Waals surface area contributed by atoms with Gasteiger partial charge in [0.15, 0.2) is 17.3 Å². The largest absolute Gasteiger partial charge is 0.494 e. The van der Waals surface area contributed by atoms with Crippen molar-refractivity contribution in [1.82, 2.24) is 9.97 Å². The topological polar surface area (TPSA) is 70.8 Å². The molecule has 0 bridgehead atoms. The molecule has 1 heterocycles. The number of ether oxygens (including phenoxy) is 1. The maximum Gasteiger partial charge on any atom is 0.165 e. The number of nitrogens with zero attached hydrogens (tertiary/aromatic N) is 3. The molecule has 1 aromatic carbocycles. The lowest BCUT2D eigenvalue weighted by Gasteiger charge is -2.07. The fourth-order valence-corrected chi connectivity index (χ4v) is 1.34. The summed E-state index contributed by atoms with van der Waals surface area (Å²) in [5.74, 6) is 0.165. The first-order valence-electron chi connectivity index (χ1n) is 5.05. The fourth-order valence-electron chi connectivity index (χ4n) is 1.34. The molecule has 0 radical (unpaired) electrons. The second-order valence-corrected chi connectivity index (χ2v) is 3.37. The lowest BCUT2D eigenvalue weighted by atomic mass is 10.3. The van der Waals surface area contributed by atoms with Gasteiger partial charge in [0.25, 0.3) is 0 Å². The molecule has 0 atom stereocenters. The highest BCUT2D eigenvalue weighted by Gasteiger charge is 2.04. The van der Waals surface area contributed by atoms with Crippen molar-refractivity contribution in [3.63, 3.8) is 0 Å².